The van der Waals surface area contributed by atoms with Crippen LogP contribution in [0.25, 0.3) is 0 Å². The van der Waals surface area contributed by atoms with Gasteiger partial charge in [-0.2, -0.15) is 4.99 Å². The van der Waals surface area contributed by atoms with Gasteiger partial charge in [-0.05, 0) is 17.0 Å². The van der Waals surface area contributed by atoms with Crippen LogP contribution in [-0.2, 0) is 11.3 Å². The van der Waals surface area contributed by atoms with Gasteiger partial charge in [0, 0.05) is 13.6 Å². The summed E-state index contributed by atoms with van der Waals surface area (Å²) in [4.78, 5) is 18.4. The van der Waals surface area contributed by atoms with Gasteiger partial charge >= 0.3 is 0 Å². The van der Waals surface area contributed by atoms with Gasteiger partial charge in [0.05, 0.1) is 12.0 Å². The zero-order chi connectivity index (χ0) is 14.4. The lowest BCUT2D eigenvalue weighted by atomic mass is 10.2. The highest BCUT2D eigenvalue weighted by molar-refractivity contribution is 7.12. The first kappa shape index (κ1) is 14.3. The molecule has 0 bridgehead atoms. The van der Waals surface area contributed by atoms with Crippen LogP contribution in [-0.4, -0.2) is 31.0 Å². The molecule has 0 saturated heterocycles. The third kappa shape index (κ3) is 3.68. The quantitative estimate of drug-likeness (QED) is 0.644. The number of hydrogen-bond donors (Lipinski definition) is 0. The van der Waals surface area contributed by atoms with Gasteiger partial charge in [-0.15, -0.1) is 11.3 Å². The van der Waals surface area contributed by atoms with Crippen LogP contribution < -0.4 is 0 Å². The number of thiophene rings is 1. The Balaban J connectivity index is 2.09. The van der Waals surface area contributed by atoms with Crippen molar-refractivity contribution < 1.29 is 9.53 Å². The smallest absolute Gasteiger partial charge is 0.295 e. The summed E-state index contributed by atoms with van der Waals surface area (Å²) in [5.41, 5.74) is 1.13. The SMILES string of the molecule is COC(=NC(=O)c1cccs1)N(C)Cc1ccccc1. The topological polar surface area (TPSA) is 41.9 Å². The fraction of sp³-hybridized carbons (Fsp3) is 0.200. The molecule has 1 aromatic carbocycles. The third-order valence-corrected chi connectivity index (χ3v) is 3.56. The maximum Gasteiger partial charge on any atom is 0.295 e. The third-order valence-electron chi connectivity index (χ3n) is 2.70. The first-order chi connectivity index (χ1) is 9.70. The van der Waals surface area contributed by atoms with E-state index >= 15 is 0 Å². The molecule has 0 saturated carbocycles. The second-order valence-corrected chi connectivity index (χ2v) is 5.17. The van der Waals surface area contributed by atoms with Crippen molar-refractivity contribution in [3.63, 3.8) is 0 Å². The molecule has 1 heterocycles. The molecule has 0 radical (unpaired) electrons. The second-order valence-electron chi connectivity index (χ2n) is 4.22. The number of carbonyl (C=O) groups is 1. The Bertz CT molecular complexity index is 579. The van der Waals surface area contributed by atoms with Gasteiger partial charge in [-0.3, -0.25) is 4.79 Å². The van der Waals surface area contributed by atoms with Crippen molar-refractivity contribution in [3.8, 4) is 0 Å². The van der Waals surface area contributed by atoms with Gasteiger partial charge in [-0.1, -0.05) is 36.4 Å². The number of carbonyl (C=O) groups excluding carboxylic acids is 1. The van der Waals surface area contributed by atoms with Crippen LogP contribution in [0, 0.1) is 0 Å². The number of hydrogen-bond acceptors (Lipinski definition) is 3. The lowest BCUT2D eigenvalue weighted by Crippen LogP contribution is -2.28. The summed E-state index contributed by atoms with van der Waals surface area (Å²) in [5.74, 6) is -0.281. The molecule has 0 fully saturated rings. The predicted molar refractivity (Wildman–Crippen MR) is 81.0 cm³/mol. The number of amides is 1. The molecule has 1 amide bonds. The van der Waals surface area contributed by atoms with Crippen molar-refractivity contribution in [1.82, 2.24) is 4.90 Å². The van der Waals surface area contributed by atoms with Crippen LogP contribution in [0.5, 0.6) is 0 Å². The minimum Gasteiger partial charge on any atom is -0.468 e. The molecule has 0 atom stereocenters. The number of rotatable bonds is 3. The molecular weight excluding hydrogens is 272 g/mol. The molecule has 0 N–H and O–H groups in total. The van der Waals surface area contributed by atoms with Crippen LogP contribution in [0.15, 0.2) is 52.8 Å². The molecule has 4 nitrogen and oxygen atoms in total. The van der Waals surface area contributed by atoms with Gasteiger partial charge in [-0.25, -0.2) is 0 Å². The normalized spacial score (nSPS) is 11.2. The molecule has 0 aliphatic heterocycles. The van der Waals surface area contributed by atoms with Crippen LogP contribution in [0.1, 0.15) is 15.2 Å². The number of aliphatic imine (C=N–C) groups is 1. The minimum atomic E-state index is -0.281. The van der Waals surface area contributed by atoms with E-state index in [0.29, 0.717) is 17.4 Å². The monoisotopic (exact) mass is 288 g/mol. The molecule has 0 spiro atoms. The standard InChI is InChI=1S/C15H16N2O2S/c1-17(11-12-7-4-3-5-8-12)15(19-2)16-14(18)13-9-6-10-20-13/h3-10H,11H2,1-2H3. The maximum absolute atomic E-state index is 11.9. The number of nitrogens with zero attached hydrogens (tertiary/aromatic N) is 2. The number of methoxy groups -OCH3 is 1. The molecule has 0 aliphatic rings. The Labute approximate surface area is 122 Å². The van der Waals surface area contributed by atoms with Gasteiger partial charge in [0.25, 0.3) is 11.9 Å². The lowest BCUT2D eigenvalue weighted by Gasteiger charge is -2.19. The first-order valence-corrected chi connectivity index (χ1v) is 7.04. The van der Waals surface area contributed by atoms with Gasteiger partial charge in [0.2, 0.25) is 0 Å². The van der Waals surface area contributed by atoms with Crippen molar-refractivity contribution in [2.75, 3.05) is 14.2 Å². The molecule has 104 valence electrons. The Hall–Kier alpha value is -2.14. The van der Waals surface area contributed by atoms with E-state index in [4.69, 9.17) is 4.74 Å². The van der Waals surface area contributed by atoms with Crippen molar-refractivity contribution in [2.45, 2.75) is 6.54 Å². The van der Waals surface area contributed by atoms with Crippen molar-refractivity contribution in [1.29, 1.82) is 0 Å². The summed E-state index contributed by atoms with van der Waals surface area (Å²) in [5, 5.41) is 1.85. The van der Waals surface area contributed by atoms with Gasteiger partial charge in [0.15, 0.2) is 0 Å². The van der Waals surface area contributed by atoms with Crippen molar-refractivity contribution >= 4 is 23.3 Å². The second kappa shape index (κ2) is 6.86. The summed E-state index contributed by atoms with van der Waals surface area (Å²) in [6, 6.07) is 13.8. The Kier molecular flexibility index (Phi) is 4.90. The molecule has 0 unspecified atom stereocenters. The molecule has 1 aromatic heterocycles. The highest BCUT2D eigenvalue weighted by atomic mass is 32.1. The van der Waals surface area contributed by atoms with Crippen LogP contribution >= 0.6 is 11.3 Å². The molecule has 2 rings (SSSR count). The fourth-order valence-corrected chi connectivity index (χ4v) is 2.36. The lowest BCUT2D eigenvalue weighted by molar-refractivity contribution is 0.1000. The summed E-state index contributed by atoms with van der Waals surface area (Å²) in [7, 11) is 3.36. The average molecular weight is 288 g/mol. The Morgan fingerprint density at radius 2 is 2.00 bits per heavy atom. The number of amidine groups is 1. The van der Waals surface area contributed by atoms with E-state index in [2.05, 4.69) is 4.99 Å². The minimum absolute atomic E-state index is 0.281. The average Bonchev–Trinajstić information content (AvgIpc) is 2.99. The number of ether oxygens (including phenoxy) is 1. The number of benzene rings is 1. The van der Waals surface area contributed by atoms with Crippen LogP contribution in [0.4, 0.5) is 0 Å². The molecule has 0 aliphatic carbocycles. The van der Waals surface area contributed by atoms with E-state index in [1.54, 1.807) is 11.0 Å². The summed E-state index contributed by atoms with van der Waals surface area (Å²) in [6.45, 7) is 0.630. The zero-order valence-electron chi connectivity index (χ0n) is 11.4. The fourth-order valence-electron chi connectivity index (χ4n) is 1.75. The van der Waals surface area contributed by atoms with E-state index in [0.717, 1.165) is 5.56 Å². The predicted octanol–water partition coefficient (Wildman–Crippen LogP) is 3.02. The van der Waals surface area contributed by atoms with Crippen LogP contribution in [0.2, 0.25) is 0 Å². The highest BCUT2D eigenvalue weighted by Crippen LogP contribution is 2.11. The summed E-state index contributed by atoms with van der Waals surface area (Å²) < 4.78 is 5.21. The summed E-state index contributed by atoms with van der Waals surface area (Å²) >= 11 is 1.37. The Morgan fingerprint density at radius 3 is 2.60 bits per heavy atom. The van der Waals surface area contributed by atoms with Gasteiger partial charge < -0.3 is 9.64 Å². The molecule has 5 heteroatoms. The maximum atomic E-state index is 11.9. The van der Waals surface area contributed by atoms with E-state index in [-0.39, 0.29) is 5.91 Å². The molecular formula is C15H16N2O2S. The Morgan fingerprint density at radius 1 is 1.25 bits per heavy atom. The van der Waals surface area contributed by atoms with E-state index in [1.165, 1.54) is 18.4 Å². The summed E-state index contributed by atoms with van der Waals surface area (Å²) in [6.07, 6.45) is 0. The van der Waals surface area contributed by atoms with Gasteiger partial charge in [0.1, 0.15) is 0 Å². The van der Waals surface area contributed by atoms with E-state index < -0.39 is 0 Å². The highest BCUT2D eigenvalue weighted by Gasteiger charge is 2.12. The zero-order valence-corrected chi connectivity index (χ0v) is 12.3. The van der Waals surface area contributed by atoms with Crippen LogP contribution in [0.3, 0.4) is 0 Å². The van der Waals surface area contributed by atoms with E-state index in [1.807, 2.05) is 48.8 Å². The first-order valence-electron chi connectivity index (χ1n) is 6.16. The molecule has 2 aromatic rings. The largest absolute Gasteiger partial charge is 0.468 e. The van der Waals surface area contributed by atoms with E-state index in [9.17, 15) is 4.79 Å². The molecule has 20 heavy (non-hydrogen) atoms. The van der Waals surface area contributed by atoms with Crippen molar-refractivity contribution in [3.05, 3.63) is 58.3 Å². The van der Waals surface area contributed by atoms with Crippen molar-refractivity contribution in [2.24, 2.45) is 4.99 Å².